The minimum absolute atomic E-state index is 0. The third kappa shape index (κ3) is 15.4. The molecule has 1 aliphatic carbocycles. The number of carboxylic acid groups (broad SMARTS) is 1. The lowest BCUT2D eigenvalue weighted by atomic mass is 9.85. The first-order chi connectivity index (χ1) is 11.9. The topological polar surface area (TPSA) is 87.7 Å². The average molecular weight is 527 g/mol. The largest absolute Gasteiger partial charge is 0.480 e. The first-order valence-corrected chi connectivity index (χ1v) is 9.80. The van der Waals surface area contributed by atoms with Gasteiger partial charge < -0.3 is 15.2 Å². The quantitative estimate of drug-likeness (QED) is 0.441. The molecule has 0 aromatic rings. The fraction of sp³-hybridized carbons (Fsp3) is 0.895. The van der Waals surface area contributed by atoms with Crippen LogP contribution in [-0.4, -0.2) is 47.8 Å². The van der Waals surface area contributed by atoms with E-state index in [1.807, 2.05) is 6.92 Å². The van der Waals surface area contributed by atoms with E-state index in [1.54, 1.807) is 6.92 Å². The molecular formula is C19H46N2O4S5. The minimum atomic E-state index is -0.972. The Balaban J connectivity index is -0.000000124. The van der Waals surface area contributed by atoms with Crippen LogP contribution in [0.15, 0.2) is 0 Å². The molecule has 0 amide bonds. The van der Waals surface area contributed by atoms with Crippen molar-refractivity contribution in [1.29, 1.82) is 0 Å². The van der Waals surface area contributed by atoms with E-state index in [1.165, 1.54) is 39.0 Å². The maximum atomic E-state index is 11.4. The van der Waals surface area contributed by atoms with Crippen LogP contribution in [0.3, 0.4) is 0 Å². The fourth-order valence-corrected chi connectivity index (χ4v) is 3.77. The van der Waals surface area contributed by atoms with Crippen LogP contribution in [0.4, 0.5) is 0 Å². The second-order valence-electron chi connectivity index (χ2n) is 7.27. The van der Waals surface area contributed by atoms with Crippen molar-refractivity contribution in [2.75, 3.05) is 6.61 Å². The minimum Gasteiger partial charge on any atom is -0.480 e. The molecule has 5 atom stereocenters. The van der Waals surface area contributed by atoms with Gasteiger partial charge >= 0.3 is 11.9 Å². The number of hydrogen-bond donors (Lipinski definition) is 3. The molecule has 1 heterocycles. The van der Waals surface area contributed by atoms with Gasteiger partial charge in [0, 0.05) is 12.1 Å². The van der Waals surface area contributed by atoms with Gasteiger partial charge in [-0.15, -0.1) is 0 Å². The van der Waals surface area contributed by atoms with Crippen molar-refractivity contribution in [2.24, 2.45) is 5.92 Å². The smallest absolute Gasteiger partial charge is 0.323 e. The van der Waals surface area contributed by atoms with E-state index in [-0.39, 0.29) is 73.4 Å². The van der Waals surface area contributed by atoms with Gasteiger partial charge in [-0.1, -0.05) is 26.2 Å². The van der Waals surface area contributed by atoms with Crippen LogP contribution in [0.1, 0.15) is 72.6 Å². The fourth-order valence-electron chi connectivity index (χ4n) is 3.77. The summed E-state index contributed by atoms with van der Waals surface area (Å²) >= 11 is 0. The van der Waals surface area contributed by atoms with Gasteiger partial charge in [-0.25, -0.2) is 0 Å². The van der Waals surface area contributed by atoms with Crippen LogP contribution in [-0.2, 0) is 14.3 Å². The SMILES string of the molecule is CCCC(NC(C)C(=O)O)C(=O)OCC.C[C@H]1C[C@H]2CCCC[C@H]2N1.S.S.S.S.S. The van der Waals surface area contributed by atoms with E-state index in [9.17, 15) is 9.59 Å². The number of aliphatic carboxylic acids is 1. The van der Waals surface area contributed by atoms with Crippen LogP contribution in [0.5, 0.6) is 0 Å². The Morgan fingerprint density at radius 2 is 1.67 bits per heavy atom. The van der Waals surface area contributed by atoms with Crippen LogP contribution in [0.25, 0.3) is 0 Å². The van der Waals surface area contributed by atoms with E-state index >= 15 is 0 Å². The highest BCUT2D eigenvalue weighted by molar-refractivity contribution is 7.60. The zero-order valence-electron chi connectivity index (χ0n) is 18.7. The third-order valence-corrected chi connectivity index (χ3v) is 5.03. The van der Waals surface area contributed by atoms with Crippen LogP contribution < -0.4 is 10.6 Å². The number of fused-ring (bicyclic) bond motifs is 1. The third-order valence-electron chi connectivity index (χ3n) is 5.03. The first kappa shape index (κ1) is 40.9. The Bertz CT molecular complexity index is 422. The molecule has 2 rings (SSSR count). The Labute approximate surface area is 218 Å². The van der Waals surface area contributed by atoms with E-state index in [2.05, 4.69) is 17.6 Å². The molecule has 3 N–H and O–H groups in total. The van der Waals surface area contributed by atoms with Gasteiger partial charge in [0.2, 0.25) is 0 Å². The lowest BCUT2D eigenvalue weighted by molar-refractivity contribution is -0.147. The van der Waals surface area contributed by atoms with E-state index in [0.717, 1.165) is 24.4 Å². The molecule has 0 aromatic carbocycles. The molecule has 0 bridgehead atoms. The molecule has 1 aliphatic heterocycles. The standard InChI is InChI=1S/C10H19NO4.C9H17N.5H2S/c1-4-6-8(10(14)15-5-2)11-7(3)9(12)13;1-7-6-8-4-2-3-5-9(8)10-7;;;;;/h7-8,11H,4-6H2,1-3H3,(H,12,13);7-10H,2-6H2,1H3;5*1H2/t;7-,8+,9+;;;;;/m.0...../s1. The molecule has 30 heavy (non-hydrogen) atoms. The van der Waals surface area contributed by atoms with Gasteiger partial charge in [-0.3, -0.25) is 14.9 Å². The second kappa shape index (κ2) is 22.8. The summed E-state index contributed by atoms with van der Waals surface area (Å²) in [6.07, 6.45) is 8.68. The highest BCUT2D eigenvalue weighted by Gasteiger charge is 2.32. The summed E-state index contributed by atoms with van der Waals surface area (Å²) in [7, 11) is 0. The first-order valence-electron chi connectivity index (χ1n) is 9.80. The average Bonchev–Trinajstić information content (AvgIpc) is 2.95. The molecule has 0 aromatic heterocycles. The van der Waals surface area contributed by atoms with Crippen molar-refractivity contribution in [3.05, 3.63) is 0 Å². The molecule has 186 valence electrons. The molecule has 6 nitrogen and oxygen atoms in total. The molecule has 11 heteroatoms. The number of carboxylic acids is 1. The predicted octanol–water partition coefficient (Wildman–Crippen LogP) is 3.27. The zero-order valence-corrected chi connectivity index (χ0v) is 23.7. The van der Waals surface area contributed by atoms with Crippen molar-refractivity contribution < 1.29 is 19.4 Å². The van der Waals surface area contributed by atoms with Gasteiger partial charge in [0.25, 0.3) is 0 Å². The van der Waals surface area contributed by atoms with E-state index in [4.69, 9.17) is 9.84 Å². The van der Waals surface area contributed by atoms with Gasteiger partial charge in [-0.2, -0.15) is 67.5 Å². The highest BCUT2D eigenvalue weighted by Crippen LogP contribution is 2.32. The number of ether oxygens (including phenoxy) is 1. The molecule has 0 radical (unpaired) electrons. The monoisotopic (exact) mass is 526 g/mol. The molecule has 2 unspecified atom stereocenters. The summed E-state index contributed by atoms with van der Waals surface area (Å²) in [5.41, 5.74) is 0. The Morgan fingerprint density at radius 1 is 1.10 bits per heavy atom. The number of esters is 1. The number of hydrogen-bond acceptors (Lipinski definition) is 5. The van der Waals surface area contributed by atoms with E-state index in [0.29, 0.717) is 13.0 Å². The van der Waals surface area contributed by atoms with Crippen molar-refractivity contribution >= 4 is 79.4 Å². The van der Waals surface area contributed by atoms with Crippen LogP contribution in [0, 0.1) is 5.92 Å². The molecule has 2 fully saturated rings. The summed E-state index contributed by atoms with van der Waals surface area (Å²) in [5, 5.41) is 15.1. The highest BCUT2D eigenvalue weighted by atomic mass is 32.1. The molecule has 1 saturated carbocycles. The zero-order chi connectivity index (χ0) is 18.8. The van der Waals surface area contributed by atoms with Gasteiger partial charge in [-0.05, 0) is 52.4 Å². The molecule has 0 spiro atoms. The van der Waals surface area contributed by atoms with Crippen LogP contribution >= 0.6 is 67.5 Å². The summed E-state index contributed by atoms with van der Waals surface area (Å²) in [4.78, 5) is 22.0. The predicted molar refractivity (Wildman–Crippen MR) is 150 cm³/mol. The van der Waals surface area contributed by atoms with Gasteiger partial charge in [0.05, 0.1) is 6.61 Å². The number of carbonyl (C=O) groups excluding carboxylic acids is 1. The lowest BCUT2D eigenvalue weighted by Crippen LogP contribution is -2.46. The number of nitrogens with one attached hydrogen (secondary N) is 2. The van der Waals surface area contributed by atoms with Gasteiger partial charge in [0.15, 0.2) is 0 Å². The summed E-state index contributed by atoms with van der Waals surface area (Å²) < 4.78 is 4.84. The second-order valence-corrected chi connectivity index (χ2v) is 7.27. The molecule has 2 aliphatic rings. The van der Waals surface area contributed by atoms with Crippen molar-refractivity contribution in [3.8, 4) is 0 Å². The van der Waals surface area contributed by atoms with Crippen molar-refractivity contribution in [3.63, 3.8) is 0 Å². The lowest BCUT2D eigenvalue weighted by Gasteiger charge is -2.24. The number of rotatable bonds is 7. The van der Waals surface area contributed by atoms with E-state index < -0.39 is 18.1 Å². The summed E-state index contributed by atoms with van der Waals surface area (Å²) in [6.45, 7) is 7.78. The summed E-state index contributed by atoms with van der Waals surface area (Å²) in [5.74, 6) is -0.323. The normalized spacial score (nSPS) is 22.9. The van der Waals surface area contributed by atoms with Gasteiger partial charge in [0.1, 0.15) is 12.1 Å². The number of carbonyl (C=O) groups is 2. The molecule has 1 saturated heterocycles. The van der Waals surface area contributed by atoms with Crippen molar-refractivity contribution in [1.82, 2.24) is 10.6 Å². The maximum Gasteiger partial charge on any atom is 0.323 e. The Hall–Kier alpha value is 0.610. The van der Waals surface area contributed by atoms with Crippen LogP contribution in [0.2, 0.25) is 0 Å². The Kier molecular flexibility index (Phi) is 31.1. The molecular weight excluding hydrogens is 481 g/mol. The van der Waals surface area contributed by atoms with Crippen molar-refractivity contribution in [2.45, 2.75) is 96.8 Å². The maximum absolute atomic E-state index is 11.4. The Morgan fingerprint density at radius 3 is 2.13 bits per heavy atom. The summed E-state index contributed by atoms with van der Waals surface area (Å²) in [6, 6.07) is 0.420.